The monoisotopic (exact) mass is 276 g/mol. The maximum absolute atomic E-state index is 11.5. The van der Waals surface area contributed by atoms with Gasteiger partial charge in [-0.3, -0.25) is 0 Å². The summed E-state index contributed by atoms with van der Waals surface area (Å²) in [4.78, 5) is 18.2. The minimum absolute atomic E-state index is 0.315. The van der Waals surface area contributed by atoms with Gasteiger partial charge in [0.15, 0.2) is 0 Å². The molecule has 1 aromatic rings. The van der Waals surface area contributed by atoms with Crippen LogP contribution in [0.15, 0.2) is 6.07 Å². The van der Waals surface area contributed by atoms with E-state index in [0.29, 0.717) is 16.8 Å². The van der Waals surface area contributed by atoms with E-state index in [9.17, 15) is 9.90 Å². The van der Waals surface area contributed by atoms with Crippen molar-refractivity contribution >= 4 is 11.8 Å². The Morgan fingerprint density at radius 1 is 1.40 bits per heavy atom. The molecule has 110 valence electrons. The lowest BCUT2D eigenvalue weighted by Gasteiger charge is -2.27. The van der Waals surface area contributed by atoms with E-state index in [2.05, 4.69) is 23.7 Å². The lowest BCUT2D eigenvalue weighted by Crippen LogP contribution is -2.28. The first kappa shape index (κ1) is 14.8. The molecule has 1 aliphatic heterocycles. The summed E-state index contributed by atoms with van der Waals surface area (Å²) in [5, 5.41) is 9.48. The van der Waals surface area contributed by atoms with Gasteiger partial charge in [-0.2, -0.15) is 0 Å². The maximum atomic E-state index is 11.5. The van der Waals surface area contributed by atoms with Crippen molar-refractivity contribution in [2.45, 2.75) is 47.0 Å². The maximum Gasteiger partial charge on any atom is 0.339 e. The highest BCUT2D eigenvalue weighted by Crippen LogP contribution is 2.39. The van der Waals surface area contributed by atoms with E-state index in [1.54, 1.807) is 0 Å². The highest BCUT2D eigenvalue weighted by molar-refractivity contribution is 5.95. The first-order chi connectivity index (χ1) is 9.42. The molecular weight excluding hydrogens is 252 g/mol. The van der Waals surface area contributed by atoms with Crippen LogP contribution in [0.3, 0.4) is 0 Å². The Hall–Kier alpha value is -1.58. The molecule has 0 spiro atoms. The third-order valence-electron chi connectivity index (χ3n) is 4.78. The number of hydrogen-bond acceptors (Lipinski definition) is 3. The second-order valence-electron chi connectivity index (χ2n) is 5.96. The van der Waals surface area contributed by atoms with Crippen LogP contribution in [-0.2, 0) is 0 Å². The molecule has 0 radical (unpaired) electrons. The predicted octanol–water partition coefficient (Wildman–Crippen LogP) is 3.41. The number of carbonyl (C=O) groups is 1. The van der Waals surface area contributed by atoms with Crippen LogP contribution >= 0.6 is 0 Å². The third-order valence-corrected chi connectivity index (χ3v) is 4.78. The lowest BCUT2D eigenvalue weighted by atomic mass is 9.82. The molecule has 0 atom stereocenters. The van der Waals surface area contributed by atoms with Crippen LogP contribution in [0.1, 0.15) is 54.7 Å². The zero-order chi connectivity index (χ0) is 14.9. The minimum atomic E-state index is -0.879. The number of aryl methyl sites for hydroxylation is 2. The van der Waals surface area contributed by atoms with Gasteiger partial charge >= 0.3 is 5.97 Å². The van der Waals surface area contributed by atoms with E-state index < -0.39 is 5.97 Å². The summed E-state index contributed by atoms with van der Waals surface area (Å²) < 4.78 is 0. The molecule has 0 unspecified atom stereocenters. The number of rotatable bonds is 4. The SMILES string of the molecule is CCC1(CC)CCN(c2nc(C)cc(C)c2C(=O)O)C1. The average molecular weight is 276 g/mol. The molecule has 4 heteroatoms. The number of anilines is 1. The number of pyridine rings is 1. The number of aromatic nitrogens is 1. The molecule has 1 N–H and O–H groups in total. The Kier molecular flexibility index (Phi) is 4.02. The fraction of sp³-hybridized carbons (Fsp3) is 0.625. The lowest BCUT2D eigenvalue weighted by molar-refractivity contribution is 0.0696. The number of carboxylic acids is 1. The van der Waals surface area contributed by atoms with Crippen molar-refractivity contribution in [3.8, 4) is 0 Å². The molecule has 1 fully saturated rings. The van der Waals surface area contributed by atoms with E-state index in [1.165, 1.54) is 0 Å². The summed E-state index contributed by atoms with van der Waals surface area (Å²) in [7, 11) is 0. The van der Waals surface area contributed by atoms with Crippen LogP contribution in [0.4, 0.5) is 5.82 Å². The molecule has 20 heavy (non-hydrogen) atoms. The van der Waals surface area contributed by atoms with Gasteiger partial charge in [-0.15, -0.1) is 0 Å². The van der Waals surface area contributed by atoms with Crippen molar-refractivity contribution in [3.05, 3.63) is 22.9 Å². The van der Waals surface area contributed by atoms with Crippen molar-refractivity contribution in [3.63, 3.8) is 0 Å². The van der Waals surface area contributed by atoms with E-state index in [0.717, 1.165) is 43.6 Å². The molecule has 4 nitrogen and oxygen atoms in total. The fourth-order valence-corrected chi connectivity index (χ4v) is 3.25. The Labute approximate surface area is 120 Å². The Morgan fingerprint density at radius 2 is 2.05 bits per heavy atom. The highest BCUT2D eigenvalue weighted by atomic mass is 16.4. The average Bonchev–Trinajstić information content (AvgIpc) is 2.82. The topological polar surface area (TPSA) is 53.4 Å². The van der Waals surface area contributed by atoms with Gasteiger partial charge in [0.05, 0.1) is 0 Å². The van der Waals surface area contributed by atoms with Crippen molar-refractivity contribution < 1.29 is 9.90 Å². The highest BCUT2D eigenvalue weighted by Gasteiger charge is 2.37. The van der Waals surface area contributed by atoms with Gasteiger partial charge in [0, 0.05) is 18.8 Å². The summed E-state index contributed by atoms with van der Waals surface area (Å²) >= 11 is 0. The van der Waals surface area contributed by atoms with Crippen LogP contribution in [0, 0.1) is 19.3 Å². The van der Waals surface area contributed by atoms with Crippen LogP contribution in [0.2, 0.25) is 0 Å². The Morgan fingerprint density at radius 3 is 2.55 bits per heavy atom. The van der Waals surface area contributed by atoms with Crippen molar-refractivity contribution in [2.24, 2.45) is 5.41 Å². The second-order valence-corrected chi connectivity index (χ2v) is 5.96. The van der Waals surface area contributed by atoms with Gasteiger partial charge in [0.25, 0.3) is 0 Å². The van der Waals surface area contributed by atoms with E-state index >= 15 is 0 Å². The van der Waals surface area contributed by atoms with Gasteiger partial charge < -0.3 is 10.0 Å². The Bertz CT molecular complexity index is 521. The van der Waals surface area contributed by atoms with E-state index in [1.807, 2.05) is 19.9 Å². The molecule has 2 rings (SSSR count). The third kappa shape index (κ3) is 2.51. The first-order valence-corrected chi connectivity index (χ1v) is 7.39. The molecule has 1 aliphatic rings. The first-order valence-electron chi connectivity index (χ1n) is 7.39. The van der Waals surface area contributed by atoms with Crippen LogP contribution in [0.25, 0.3) is 0 Å². The van der Waals surface area contributed by atoms with Gasteiger partial charge in [0.1, 0.15) is 11.4 Å². The molecule has 0 aliphatic carbocycles. The molecular formula is C16H24N2O2. The second kappa shape index (κ2) is 5.43. The summed E-state index contributed by atoms with van der Waals surface area (Å²) in [6.07, 6.45) is 3.38. The van der Waals surface area contributed by atoms with Crippen LogP contribution < -0.4 is 4.90 Å². The van der Waals surface area contributed by atoms with E-state index in [4.69, 9.17) is 0 Å². The van der Waals surface area contributed by atoms with Crippen LogP contribution in [-0.4, -0.2) is 29.1 Å². The number of hydrogen-bond donors (Lipinski definition) is 1. The normalized spacial score (nSPS) is 17.5. The molecule has 1 saturated heterocycles. The number of aromatic carboxylic acids is 1. The fourth-order valence-electron chi connectivity index (χ4n) is 3.25. The minimum Gasteiger partial charge on any atom is -0.478 e. The smallest absolute Gasteiger partial charge is 0.339 e. The van der Waals surface area contributed by atoms with Gasteiger partial charge in [0.2, 0.25) is 0 Å². The number of nitrogens with zero attached hydrogens (tertiary/aromatic N) is 2. The summed E-state index contributed by atoms with van der Waals surface area (Å²) in [5.41, 5.74) is 2.35. The summed E-state index contributed by atoms with van der Waals surface area (Å²) in [5.74, 6) is -0.228. The molecule has 1 aromatic heterocycles. The van der Waals surface area contributed by atoms with Crippen molar-refractivity contribution in [1.82, 2.24) is 4.98 Å². The quantitative estimate of drug-likeness (QED) is 0.915. The zero-order valence-electron chi connectivity index (χ0n) is 12.9. The van der Waals surface area contributed by atoms with Crippen molar-refractivity contribution in [2.75, 3.05) is 18.0 Å². The van der Waals surface area contributed by atoms with Gasteiger partial charge in [-0.05, 0) is 50.2 Å². The summed E-state index contributed by atoms with van der Waals surface area (Å²) in [6.45, 7) is 10.0. The molecule has 0 bridgehead atoms. The van der Waals surface area contributed by atoms with Crippen LogP contribution in [0.5, 0.6) is 0 Å². The van der Waals surface area contributed by atoms with Crippen molar-refractivity contribution in [1.29, 1.82) is 0 Å². The Balaban J connectivity index is 2.41. The summed E-state index contributed by atoms with van der Waals surface area (Å²) in [6, 6.07) is 1.84. The largest absolute Gasteiger partial charge is 0.478 e. The predicted molar refractivity (Wildman–Crippen MR) is 80.5 cm³/mol. The number of carboxylic acid groups (broad SMARTS) is 1. The van der Waals surface area contributed by atoms with E-state index in [-0.39, 0.29) is 0 Å². The van der Waals surface area contributed by atoms with Gasteiger partial charge in [-0.1, -0.05) is 13.8 Å². The zero-order valence-corrected chi connectivity index (χ0v) is 12.9. The molecule has 2 heterocycles. The molecule has 0 aromatic carbocycles. The molecule has 0 saturated carbocycles. The molecule has 0 amide bonds. The van der Waals surface area contributed by atoms with Gasteiger partial charge in [-0.25, -0.2) is 9.78 Å². The standard InChI is InChI=1S/C16H24N2O2/c1-5-16(6-2)7-8-18(10-16)14-13(15(19)20)11(3)9-12(4)17-14/h9H,5-8,10H2,1-4H3,(H,19,20).